The van der Waals surface area contributed by atoms with E-state index in [1.54, 1.807) is 24.5 Å². The van der Waals surface area contributed by atoms with Gasteiger partial charge in [0.05, 0.1) is 24.1 Å². The molecule has 0 atom stereocenters. The van der Waals surface area contributed by atoms with Gasteiger partial charge in [0.25, 0.3) is 0 Å². The quantitative estimate of drug-likeness (QED) is 0.843. The van der Waals surface area contributed by atoms with Crippen LogP contribution >= 0.6 is 11.3 Å². The molecule has 0 saturated heterocycles. The highest BCUT2D eigenvalue weighted by atomic mass is 32.1. The average Bonchev–Trinajstić information content (AvgIpc) is 2.96. The summed E-state index contributed by atoms with van der Waals surface area (Å²) in [5.74, 6) is 0.666. The number of ketones is 1. The average molecular weight is 263 g/mol. The van der Waals surface area contributed by atoms with E-state index in [0.29, 0.717) is 11.4 Å². The van der Waals surface area contributed by atoms with Crippen molar-refractivity contribution < 1.29 is 14.0 Å². The molecule has 0 spiro atoms. The third-order valence-corrected chi connectivity index (χ3v) is 3.49. The molecule has 18 heavy (non-hydrogen) atoms. The zero-order valence-corrected chi connectivity index (χ0v) is 10.8. The molecule has 0 aliphatic carbocycles. The molecule has 0 unspecified atom stereocenters. The fourth-order valence-electron chi connectivity index (χ4n) is 1.50. The Morgan fingerprint density at radius 2 is 2.28 bits per heavy atom. The summed E-state index contributed by atoms with van der Waals surface area (Å²) in [7, 11) is 0. The van der Waals surface area contributed by atoms with Crippen LogP contribution in [0, 0.1) is 0 Å². The molecule has 2 rings (SSSR count). The van der Waals surface area contributed by atoms with Crippen molar-refractivity contribution in [3.63, 3.8) is 0 Å². The Balaban J connectivity index is 1.85. The van der Waals surface area contributed by atoms with E-state index in [2.05, 4.69) is 5.32 Å². The summed E-state index contributed by atoms with van der Waals surface area (Å²) < 4.78 is 5.11. The largest absolute Gasteiger partial charge is 0.467 e. The van der Waals surface area contributed by atoms with Gasteiger partial charge in [0.2, 0.25) is 5.91 Å². The number of thiophene rings is 1. The topological polar surface area (TPSA) is 59.3 Å². The smallest absolute Gasteiger partial charge is 0.224 e. The molecule has 0 aliphatic rings. The van der Waals surface area contributed by atoms with Crippen molar-refractivity contribution in [3.05, 3.63) is 46.0 Å². The van der Waals surface area contributed by atoms with Crippen molar-refractivity contribution in [1.29, 1.82) is 0 Å². The molecule has 4 nitrogen and oxygen atoms in total. The number of hydrogen-bond donors (Lipinski definition) is 1. The first-order chi connectivity index (χ1) is 8.65. The molecule has 0 fully saturated rings. The number of carbonyl (C=O) groups excluding carboxylic acids is 2. The van der Waals surface area contributed by atoms with Gasteiger partial charge in [-0.15, -0.1) is 11.3 Å². The number of amides is 1. The van der Waals surface area contributed by atoms with E-state index >= 15 is 0 Å². The lowest BCUT2D eigenvalue weighted by molar-refractivity contribution is -0.120. The van der Waals surface area contributed by atoms with E-state index in [1.807, 2.05) is 5.38 Å². The van der Waals surface area contributed by atoms with Crippen molar-refractivity contribution in [3.8, 4) is 0 Å². The Morgan fingerprint density at radius 3 is 2.89 bits per heavy atom. The minimum Gasteiger partial charge on any atom is -0.467 e. The Morgan fingerprint density at radius 1 is 1.44 bits per heavy atom. The number of furan rings is 1. The molecule has 0 aliphatic heterocycles. The van der Waals surface area contributed by atoms with E-state index in [9.17, 15) is 9.59 Å². The summed E-state index contributed by atoms with van der Waals surface area (Å²) in [5, 5.41) is 4.60. The van der Waals surface area contributed by atoms with Crippen molar-refractivity contribution in [2.75, 3.05) is 0 Å². The molecule has 2 heterocycles. The molecular weight excluding hydrogens is 250 g/mol. The Labute approximate surface area is 109 Å². The van der Waals surface area contributed by atoms with Crippen molar-refractivity contribution in [1.82, 2.24) is 5.32 Å². The summed E-state index contributed by atoms with van der Waals surface area (Å²) in [6, 6.07) is 5.34. The van der Waals surface area contributed by atoms with E-state index < -0.39 is 0 Å². The zero-order chi connectivity index (χ0) is 13.0. The first-order valence-electron chi connectivity index (χ1n) is 5.52. The predicted molar refractivity (Wildman–Crippen MR) is 68.6 cm³/mol. The van der Waals surface area contributed by atoms with Crippen LogP contribution in [0.25, 0.3) is 0 Å². The van der Waals surface area contributed by atoms with Crippen LogP contribution in [0.15, 0.2) is 34.3 Å². The molecule has 1 N–H and O–H groups in total. The second-order valence-corrected chi connectivity index (χ2v) is 4.82. The van der Waals surface area contributed by atoms with Gasteiger partial charge in [0, 0.05) is 0 Å². The standard InChI is InChI=1S/C13H13NO3S/c1-9(15)12-5-10(8-18-12)6-13(16)14-7-11-3-2-4-17-11/h2-5,8H,6-7H2,1H3,(H,14,16). The fraction of sp³-hybridized carbons (Fsp3) is 0.231. The number of rotatable bonds is 5. The third-order valence-electron chi connectivity index (χ3n) is 2.41. The van der Waals surface area contributed by atoms with Crippen LogP contribution in [0.1, 0.15) is 27.9 Å². The lowest BCUT2D eigenvalue weighted by Gasteiger charge is -2.01. The Kier molecular flexibility index (Phi) is 3.94. The van der Waals surface area contributed by atoms with Crippen LogP contribution < -0.4 is 5.32 Å². The minimum atomic E-state index is -0.0840. The Hall–Kier alpha value is -1.88. The van der Waals surface area contributed by atoms with Gasteiger partial charge in [-0.05, 0) is 36.1 Å². The third kappa shape index (κ3) is 3.30. The SMILES string of the molecule is CC(=O)c1cc(CC(=O)NCc2ccco2)cs1. The molecule has 94 valence electrons. The van der Waals surface area contributed by atoms with Crippen molar-refractivity contribution in [2.45, 2.75) is 19.9 Å². The van der Waals surface area contributed by atoms with Crippen LogP contribution in [-0.2, 0) is 17.8 Å². The van der Waals surface area contributed by atoms with E-state index in [4.69, 9.17) is 4.42 Å². The number of carbonyl (C=O) groups is 2. The molecule has 0 radical (unpaired) electrons. The van der Waals surface area contributed by atoms with Crippen LogP contribution in [-0.4, -0.2) is 11.7 Å². The number of nitrogens with one attached hydrogen (secondary N) is 1. The molecule has 2 aromatic rings. The molecular formula is C13H13NO3S. The van der Waals surface area contributed by atoms with Crippen molar-refractivity contribution >= 4 is 23.0 Å². The predicted octanol–water partition coefficient (Wildman–Crippen LogP) is 2.40. The second-order valence-electron chi connectivity index (χ2n) is 3.91. The fourth-order valence-corrected chi connectivity index (χ4v) is 2.31. The van der Waals surface area contributed by atoms with Crippen molar-refractivity contribution in [2.24, 2.45) is 0 Å². The highest BCUT2D eigenvalue weighted by Crippen LogP contribution is 2.15. The second kappa shape index (κ2) is 5.64. The number of hydrogen-bond acceptors (Lipinski definition) is 4. The lowest BCUT2D eigenvalue weighted by Crippen LogP contribution is -2.24. The molecule has 2 aromatic heterocycles. The number of Topliss-reactive ketones (excluding diaryl/α,β-unsaturated/α-hetero) is 1. The molecule has 1 amide bonds. The maximum Gasteiger partial charge on any atom is 0.224 e. The first kappa shape index (κ1) is 12.6. The lowest BCUT2D eigenvalue weighted by atomic mass is 10.2. The highest BCUT2D eigenvalue weighted by molar-refractivity contribution is 7.12. The van der Waals surface area contributed by atoms with Gasteiger partial charge in [0.1, 0.15) is 5.76 Å². The van der Waals surface area contributed by atoms with Crippen LogP contribution in [0.5, 0.6) is 0 Å². The van der Waals surface area contributed by atoms with Gasteiger partial charge in [0.15, 0.2) is 5.78 Å². The van der Waals surface area contributed by atoms with Crippen LogP contribution in [0.4, 0.5) is 0 Å². The monoisotopic (exact) mass is 263 g/mol. The van der Waals surface area contributed by atoms with E-state index in [0.717, 1.165) is 11.3 Å². The van der Waals surface area contributed by atoms with Gasteiger partial charge < -0.3 is 9.73 Å². The van der Waals surface area contributed by atoms with Crippen LogP contribution in [0.2, 0.25) is 0 Å². The maximum atomic E-state index is 11.7. The van der Waals surface area contributed by atoms with E-state index in [-0.39, 0.29) is 18.1 Å². The molecule has 5 heteroatoms. The van der Waals surface area contributed by atoms with Gasteiger partial charge >= 0.3 is 0 Å². The van der Waals surface area contributed by atoms with Gasteiger partial charge in [-0.3, -0.25) is 9.59 Å². The van der Waals surface area contributed by atoms with Gasteiger partial charge in [-0.25, -0.2) is 0 Å². The summed E-state index contributed by atoms with van der Waals surface area (Å²) in [6.07, 6.45) is 1.85. The molecule has 0 bridgehead atoms. The highest BCUT2D eigenvalue weighted by Gasteiger charge is 2.08. The first-order valence-corrected chi connectivity index (χ1v) is 6.40. The molecule has 0 aromatic carbocycles. The Bertz CT molecular complexity index is 542. The van der Waals surface area contributed by atoms with Gasteiger partial charge in [-0.1, -0.05) is 0 Å². The van der Waals surface area contributed by atoms with Gasteiger partial charge in [-0.2, -0.15) is 0 Å². The normalized spacial score (nSPS) is 10.3. The summed E-state index contributed by atoms with van der Waals surface area (Å²) in [6.45, 7) is 1.90. The maximum absolute atomic E-state index is 11.7. The zero-order valence-electron chi connectivity index (χ0n) is 9.93. The van der Waals surface area contributed by atoms with E-state index in [1.165, 1.54) is 18.3 Å². The minimum absolute atomic E-state index is 0.0299. The summed E-state index contributed by atoms with van der Waals surface area (Å²) in [4.78, 5) is 23.5. The summed E-state index contributed by atoms with van der Waals surface area (Å²) >= 11 is 1.37. The molecule has 0 saturated carbocycles. The summed E-state index contributed by atoms with van der Waals surface area (Å²) in [5.41, 5.74) is 0.863. The van der Waals surface area contributed by atoms with Crippen LogP contribution in [0.3, 0.4) is 0 Å².